The summed E-state index contributed by atoms with van der Waals surface area (Å²) in [4.78, 5) is 18.5. The number of hydrogen-bond acceptors (Lipinski definition) is 3. The second-order valence-electron chi connectivity index (χ2n) is 5.59. The molecule has 2 fully saturated rings. The SMILES string of the molecule is CC1CC(C)SC(=NCCC(=O)N2CCCCC2)N1. The molecule has 2 aliphatic heterocycles. The number of likely N-dealkylation sites (tertiary alicyclic amines) is 1. The summed E-state index contributed by atoms with van der Waals surface area (Å²) >= 11 is 1.79. The lowest BCUT2D eigenvalue weighted by Crippen LogP contribution is -2.39. The van der Waals surface area contributed by atoms with Crippen LogP contribution in [0.25, 0.3) is 0 Å². The molecule has 0 aromatic heterocycles. The molecule has 19 heavy (non-hydrogen) atoms. The number of aliphatic imine (C=N–C) groups is 1. The number of nitrogens with one attached hydrogen (secondary N) is 1. The van der Waals surface area contributed by atoms with Crippen LogP contribution in [-0.2, 0) is 4.79 Å². The summed E-state index contributed by atoms with van der Waals surface area (Å²) < 4.78 is 0. The van der Waals surface area contributed by atoms with Gasteiger partial charge in [0.15, 0.2) is 5.17 Å². The van der Waals surface area contributed by atoms with Gasteiger partial charge in [-0.2, -0.15) is 0 Å². The first kappa shape index (κ1) is 14.7. The molecule has 2 saturated heterocycles. The molecule has 0 aromatic carbocycles. The van der Waals surface area contributed by atoms with E-state index >= 15 is 0 Å². The van der Waals surface area contributed by atoms with E-state index in [9.17, 15) is 4.79 Å². The molecule has 2 atom stereocenters. The van der Waals surface area contributed by atoms with E-state index in [2.05, 4.69) is 24.2 Å². The van der Waals surface area contributed by atoms with E-state index in [1.807, 2.05) is 4.90 Å². The van der Waals surface area contributed by atoms with Crippen molar-refractivity contribution >= 4 is 22.8 Å². The van der Waals surface area contributed by atoms with Gasteiger partial charge in [-0.15, -0.1) is 0 Å². The highest BCUT2D eigenvalue weighted by Crippen LogP contribution is 2.22. The quantitative estimate of drug-likeness (QED) is 0.864. The zero-order chi connectivity index (χ0) is 13.7. The Labute approximate surface area is 120 Å². The summed E-state index contributed by atoms with van der Waals surface area (Å²) in [5, 5.41) is 5.02. The Bertz CT molecular complexity index is 328. The van der Waals surface area contributed by atoms with Crippen LogP contribution in [0.5, 0.6) is 0 Å². The molecule has 0 saturated carbocycles. The van der Waals surface area contributed by atoms with E-state index in [0.29, 0.717) is 24.3 Å². The highest BCUT2D eigenvalue weighted by Gasteiger charge is 2.20. The second-order valence-corrected chi connectivity index (χ2v) is 7.02. The van der Waals surface area contributed by atoms with Crippen molar-refractivity contribution in [1.82, 2.24) is 10.2 Å². The van der Waals surface area contributed by atoms with Gasteiger partial charge in [0.1, 0.15) is 0 Å². The van der Waals surface area contributed by atoms with Gasteiger partial charge in [0, 0.05) is 30.8 Å². The highest BCUT2D eigenvalue weighted by atomic mass is 32.2. The van der Waals surface area contributed by atoms with Crippen molar-refractivity contribution in [2.75, 3.05) is 19.6 Å². The first-order chi connectivity index (χ1) is 9.15. The molecule has 0 spiro atoms. The Kier molecular flexibility index (Phi) is 5.55. The number of piperidine rings is 1. The maximum Gasteiger partial charge on any atom is 0.224 e. The Hall–Kier alpha value is -0.710. The Morgan fingerprint density at radius 1 is 1.37 bits per heavy atom. The number of amides is 1. The Morgan fingerprint density at radius 2 is 2.11 bits per heavy atom. The zero-order valence-corrected chi connectivity index (χ0v) is 12.8. The van der Waals surface area contributed by atoms with Crippen LogP contribution in [0.4, 0.5) is 0 Å². The van der Waals surface area contributed by atoms with Crippen molar-refractivity contribution in [2.45, 2.75) is 57.2 Å². The number of carbonyl (C=O) groups excluding carboxylic acids is 1. The van der Waals surface area contributed by atoms with Gasteiger partial charge < -0.3 is 10.2 Å². The van der Waals surface area contributed by atoms with E-state index in [-0.39, 0.29) is 5.91 Å². The van der Waals surface area contributed by atoms with Gasteiger partial charge in [0.2, 0.25) is 5.91 Å². The number of nitrogens with zero attached hydrogens (tertiary/aromatic N) is 2. The smallest absolute Gasteiger partial charge is 0.224 e. The molecule has 2 heterocycles. The van der Waals surface area contributed by atoms with Crippen LogP contribution in [0.15, 0.2) is 4.99 Å². The Balaban J connectivity index is 1.74. The molecule has 0 radical (unpaired) electrons. The zero-order valence-electron chi connectivity index (χ0n) is 12.0. The van der Waals surface area contributed by atoms with E-state index in [1.54, 1.807) is 11.8 Å². The van der Waals surface area contributed by atoms with Gasteiger partial charge in [0.25, 0.3) is 0 Å². The minimum Gasteiger partial charge on any atom is -0.362 e. The highest BCUT2D eigenvalue weighted by molar-refractivity contribution is 8.14. The van der Waals surface area contributed by atoms with Gasteiger partial charge in [-0.25, -0.2) is 0 Å². The van der Waals surface area contributed by atoms with Crippen LogP contribution in [-0.4, -0.2) is 46.9 Å². The van der Waals surface area contributed by atoms with Crippen LogP contribution in [0.1, 0.15) is 46.0 Å². The molecule has 0 bridgehead atoms. The first-order valence-corrected chi connectivity index (χ1v) is 8.28. The van der Waals surface area contributed by atoms with Crippen molar-refractivity contribution < 1.29 is 4.79 Å². The van der Waals surface area contributed by atoms with Gasteiger partial charge in [-0.3, -0.25) is 9.79 Å². The number of amidine groups is 1. The minimum atomic E-state index is 0.269. The fourth-order valence-corrected chi connectivity index (χ4v) is 3.88. The third-order valence-electron chi connectivity index (χ3n) is 3.66. The van der Waals surface area contributed by atoms with E-state index in [4.69, 9.17) is 0 Å². The van der Waals surface area contributed by atoms with Gasteiger partial charge in [-0.1, -0.05) is 18.7 Å². The van der Waals surface area contributed by atoms with Crippen molar-refractivity contribution in [3.8, 4) is 0 Å². The number of rotatable bonds is 3. The lowest BCUT2D eigenvalue weighted by atomic mass is 10.1. The second kappa shape index (κ2) is 7.17. The average molecular weight is 283 g/mol. The summed E-state index contributed by atoms with van der Waals surface area (Å²) in [6.07, 6.45) is 5.31. The molecule has 108 valence electrons. The third kappa shape index (κ3) is 4.71. The molecule has 4 nitrogen and oxygen atoms in total. The summed E-state index contributed by atoms with van der Waals surface area (Å²) in [7, 11) is 0. The van der Waals surface area contributed by atoms with Crippen LogP contribution >= 0.6 is 11.8 Å². The normalized spacial score (nSPS) is 30.2. The fourth-order valence-electron chi connectivity index (χ4n) is 2.68. The molecule has 2 aliphatic rings. The van der Waals surface area contributed by atoms with Crippen molar-refractivity contribution in [3.05, 3.63) is 0 Å². The predicted molar refractivity (Wildman–Crippen MR) is 81.6 cm³/mol. The van der Waals surface area contributed by atoms with E-state index < -0.39 is 0 Å². The summed E-state index contributed by atoms with van der Waals surface area (Å²) in [5.41, 5.74) is 0. The Morgan fingerprint density at radius 3 is 2.79 bits per heavy atom. The maximum absolute atomic E-state index is 12.0. The lowest BCUT2D eigenvalue weighted by molar-refractivity contribution is -0.131. The number of thioether (sulfide) groups is 1. The molecular formula is C14H25N3OS. The van der Waals surface area contributed by atoms with E-state index in [0.717, 1.165) is 31.1 Å². The molecule has 2 rings (SSSR count). The third-order valence-corrected chi connectivity index (χ3v) is 4.72. The van der Waals surface area contributed by atoms with Crippen molar-refractivity contribution in [3.63, 3.8) is 0 Å². The summed E-state index contributed by atoms with van der Waals surface area (Å²) in [6.45, 7) is 6.91. The topological polar surface area (TPSA) is 44.7 Å². The number of hydrogen-bond donors (Lipinski definition) is 1. The maximum atomic E-state index is 12.0. The molecule has 0 aromatic rings. The summed E-state index contributed by atoms with van der Waals surface area (Å²) in [6, 6.07) is 0.493. The van der Waals surface area contributed by atoms with Gasteiger partial charge in [0.05, 0.1) is 6.54 Å². The van der Waals surface area contributed by atoms with Crippen LogP contribution < -0.4 is 5.32 Å². The molecule has 2 unspecified atom stereocenters. The molecule has 5 heteroatoms. The number of carbonyl (C=O) groups is 1. The van der Waals surface area contributed by atoms with Gasteiger partial charge in [-0.05, 0) is 32.6 Å². The standard InChI is InChI=1S/C14H25N3OS/c1-11-10-12(2)19-14(16-11)15-7-6-13(18)17-8-4-3-5-9-17/h11-12H,3-10H2,1-2H3,(H,15,16). The van der Waals surface area contributed by atoms with Crippen LogP contribution in [0, 0.1) is 0 Å². The summed E-state index contributed by atoms with van der Waals surface area (Å²) in [5.74, 6) is 0.269. The molecular weight excluding hydrogens is 258 g/mol. The first-order valence-electron chi connectivity index (χ1n) is 7.40. The largest absolute Gasteiger partial charge is 0.362 e. The molecule has 0 aliphatic carbocycles. The fraction of sp³-hybridized carbons (Fsp3) is 0.857. The van der Waals surface area contributed by atoms with Crippen LogP contribution in [0.2, 0.25) is 0 Å². The molecule has 1 amide bonds. The minimum absolute atomic E-state index is 0.269. The average Bonchev–Trinajstić information content (AvgIpc) is 2.38. The van der Waals surface area contributed by atoms with Crippen molar-refractivity contribution in [2.24, 2.45) is 4.99 Å². The van der Waals surface area contributed by atoms with Gasteiger partial charge >= 0.3 is 0 Å². The predicted octanol–water partition coefficient (Wildman–Crippen LogP) is 2.25. The van der Waals surface area contributed by atoms with Crippen LogP contribution in [0.3, 0.4) is 0 Å². The lowest BCUT2D eigenvalue weighted by Gasteiger charge is -2.27. The van der Waals surface area contributed by atoms with E-state index in [1.165, 1.54) is 12.8 Å². The van der Waals surface area contributed by atoms with Crippen molar-refractivity contribution in [1.29, 1.82) is 0 Å². The monoisotopic (exact) mass is 283 g/mol. The molecule has 1 N–H and O–H groups in total.